The molecule has 0 bridgehead atoms. The number of amides is 4. The van der Waals surface area contributed by atoms with Crippen LogP contribution in [0.2, 0.25) is 0 Å². The molecule has 3 aliphatic rings. The summed E-state index contributed by atoms with van der Waals surface area (Å²) in [4.78, 5) is 43.8. The summed E-state index contributed by atoms with van der Waals surface area (Å²) >= 11 is 0. The van der Waals surface area contributed by atoms with Crippen LogP contribution in [0.15, 0.2) is 78.9 Å². The number of imide groups is 1. The van der Waals surface area contributed by atoms with E-state index in [1.165, 1.54) is 9.48 Å². The van der Waals surface area contributed by atoms with Crippen LogP contribution >= 0.6 is 0 Å². The molecule has 0 fully saturated rings. The molecule has 36 heavy (non-hydrogen) atoms. The number of fused-ring (bicyclic) bond motifs is 4. The van der Waals surface area contributed by atoms with Crippen molar-refractivity contribution in [1.82, 2.24) is 4.90 Å². The minimum atomic E-state index is -0.947. The van der Waals surface area contributed by atoms with E-state index >= 15 is 0 Å². The van der Waals surface area contributed by atoms with E-state index in [1.54, 1.807) is 11.0 Å². The first-order chi connectivity index (χ1) is 17.6. The first-order valence-electron chi connectivity index (χ1n) is 12.3. The fraction of sp³-hybridized carbons (Fsp3) is 0.241. The molecule has 4 amide bonds. The number of aryl methyl sites for hydroxylation is 1. The van der Waals surface area contributed by atoms with E-state index in [9.17, 15) is 14.4 Å². The first kappa shape index (κ1) is 22.2. The third kappa shape index (κ3) is 3.77. The van der Waals surface area contributed by atoms with Crippen LogP contribution in [-0.2, 0) is 22.4 Å². The maximum absolute atomic E-state index is 13.8. The largest absolute Gasteiger partial charge is 0.501 e. The van der Waals surface area contributed by atoms with Crippen molar-refractivity contribution in [3.8, 4) is 5.75 Å². The third-order valence-electron chi connectivity index (χ3n) is 7.07. The number of carbonyl (C=O) groups is 3. The predicted octanol–water partition coefficient (Wildman–Crippen LogP) is 3.43. The lowest BCUT2D eigenvalue weighted by Crippen LogP contribution is -2.59. The molecule has 3 aromatic carbocycles. The van der Waals surface area contributed by atoms with Crippen LogP contribution in [-0.4, -0.2) is 58.8 Å². The van der Waals surface area contributed by atoms with E-state index in [0.717, 1.165) is 29.7 Å². The van der Waals surface area contributed by atoms with E-state index < -0.39 is 18.0 Å². The van der Waals surface area contributed by atoms with Crippen LogP contribution in [0, 0.1) is 0 Å². The van der Waals surface area contributed by atoms with Gasteiger partial charge in [-0.05, 0) is 42.2 Å². The summed E-state index contributed by atoms with van der Waals surface area (Å²) < 4.78 is 7.47. The van der Waals surface area contributed by atoms with Gasteiger partial charge < -0.3 is 9.64 Å². The third-order valence-corrected chi connectivity index (χ3v) is 7.07. The molecule has 7 heteroatoms. The van der Waals surface area contributed by atoms with Crippen LogP contribution in [0.5, 0.6) is 5.75 Å². The second-order valence-electron chi connectivity index (χ2n) is 9.25. The van der Waals surface area contributed by atoms with Gasteiger partial charge in [-0.15, -0.1) is 0 Å². The summed E-state index contributed by atoms with van der Waals surface area (Å²) in [5.74, 6) is -0.0260. The Morgan fingerprint density at radius 3 is 2.56 bits per heavy atom. The van der Waals surface area contributed by atoms with Crippen LogP contribution in [0.3, 0.4) is 0 Å². The molecule has 0 N–H and O–H groups in total. The highest BCUT2D eigenvalue weighted by molar-refractivity contribution is 6.22. The number of para-hydroxylation sites is 2. The van der Waals surface area contributed by atoms with Crippen molar-refractivity contribution in [1.29, 1.82) is 0 Å². The molecular weight excluding hydrogens is 454 g/mol. The number of hydrogen-bond donors (Lipinski definition) is 0. The molecule has 180 valence electrons. The summed E-state index contributed by atoms with van der Waals surface area (Å²) in [6, 6.07) is 24.4. The number of rotatable bonds is 5. The van der Waals surface area contributed by atoms with Crippen molar-refractivity contribution in [2.75, 3.05) is 24.5 Å². The van der Waals surface area contributed by atoms with Crippen LogP contribution < -0.4 is 9.64 Å². The Bertz CT molecular complexity index is 1400. The SMILES string of the molecule is O=C1C2Oc3ccccc3C2=[N+](CC(=O)N2CCCc3ccccc32)C(=O)N1CCc1ccccc1. The van der Waals surface area contributed by atoms with E-state index in [4.69, 9.17) is 4.74 Å². The number of benzene rings is 3. The molecule has 0 saturated carbocycles. The standard InChI is InChI=1S/C29H26N3O4/c33-25(30-17-8-12-21-11-4-6-14-23(21)30)19-32-26-22-13-5-7-15-24(22)36-27(26)28(34)31(29(32)35)18-16-20-9-2-1-3-10-20/h1-7,9-11,13-15,27H,8,12,16-19H2/q+1. The van der Waals surface area contributed by atoms with Gasteiger partial charge in [0.1, 0.15) is 12.3 Å². The zero-order valence-corrected chi connectivity index (χ0v) is 19.8. The van der Waals surface area contributed by atoms with Gasteiger partial charge in [0.25, 0.3) is 12.0 Å². The van der Waals surface area contributed by atoms with Crippen molar-refractivity contribution in [2.24, 2.45) is 0 Å². The van der Waals surface area contributed by atoms with Crippen molar-refractivity contribution in [2.45, 2.75) is 25.4 Å². The Morgan fingerprint density at radius 1 is 0.944 bits per heavy atom. The lowest BCUT2D eigenvalue weighted by Gasteiger charge is -2.30. The van der Waals surface area contributed by atoms with Crippen LogP contribution in [0.25, 0.3) is 0 Å². The minimum absolute atomic E-state index is 0.161. The molecule has 3 aliphatic heterocycles. The van der Waals surface area contributed by atoms with Crippen molar-refractivity contribution in [3.63, 3.8) is 0 Å². The van der Waals surface area contributed by atoms with E-state index in [2.05, 4.69) is 0 Å². The van der Waals surface area contributed by atoms with Crippen LogP contribution in [0.4, 0.5) is 10.5 Å². The molecule has 0 radical (unpaired) electrons. The molecule has 0 aliphatic carbocycles. The van der Waals surface area contributed by atoms with Gasteiger partial charge in [-0.1, -0.05) is 60.7 Å². The molecule has 0 spiro atoms. The first-order valence-corrected chi connectivity index (χ1v) is 12.3. The number of hydrogen-bond acceptors (Lipinski definition) is 4. The lowest BCUT2D eigenvalue weighted by atomic mass is 10.0. The second-order valence-corrected chi connectivity index (χ2v) is 9.25. The van der Waals surface area contributed by atoms with E-state index in [-0.39, 0.29) is 19.0 Å². The number of anilines is 1. The van der Waals surface area contributed by atoms with Gasteiger partial charge in [-0.3, -0.25) is 4.79 Å². The van der Waals surface area contributed by atoms with Gasteiger partial charge in [0, 0.05) is 18.7 Å². The number of carbonyl (C=O) groups excluding carboxylic acids is 3. The smallest absolute Gasteiger partial charge is 0.469 e. The van der Waals surface area contributed by atoms with Gasteiger partial charge in [-0.25, -0.2) is 4.79 Å². The average Bonchev–Trinajstić information content (AvgIpc) is 3.31. The molecule has 1 unspecified atom stereocenters. The zero-order chi connectivity index (χ0) is 24.6. The molecule has 7 nitrogen and oxygen atoms in total. The summed E-state index contributed by atoms with van der Waals surface area (Å²) in [5.41, 5.74) is 4.17. The quantitative estimate of drug-likeness (QED) is 0.525. The summed E-state index contributed by atoms with van der Waals surface area (Å²) in [6.07, 6.45) is 1.36. The molecule has 0 aromatic heterocycles. The van der Waals surface area contributed by atoms with Gasteiger partial charge in [0.15, 0.2) is 12.3 Å². The van der Waals surface area contributed by atoms with Gasteiger partial charge in [0.05, 0.1) is 5.56 Å². The van der Waals surface area contributed by atoms with Crippen LogP contribution in [0.1, 0.15) is 23.1 Å². The highest BCUT2D eigenvalue weighted by Gasteiger charge is 2.54. The van der Waals surface area contributed by atoms with Gasteiger partial charge in [-0.2, -0.15) is 14.3 Å². The zero-order valence-electron chi connectivity index (χ0n) is 19.8. The van der Waals surface area contributed by atoms with Gasteiger partial charge in [0.2, 0.25) is 0 Å². The second kappa shape index (κ2) is 9.07. The molecule has 1 atom stereocenters. The Hall–Kier alpha value is -4.26. The molecule has 0 saturated heterocycles. The minimum Gasteiger partial charge on any atom is -0.469 e. The Balaban J connectivity index is 1.35. The maximum atomic E-state index is 13.8. The van der Waals surface area contributed by atoms with E-state index in [1.807, 2.05) is 72.8 Å². The Labute approximate surface area is 209 Å². The average molecular weight is 481 g/mol. The summed E-state index contributed by atoms with van der Waals surface area (Å²) in [5, 5.41) is 0. The molecule has 6 rings (SSSR count). The lowest BCUT2D eigenvalue weighted by molar-refractivity contribution is -0.428. The predicted molar refractivity (Wildman–Crippen MR) is 134 cm³/mol. The monoisotopic (exact) mass is 480 g/mol. The topological polar surface area (TPSA) is 69.9 Å². The summed E-state index contributed by atoms with van der Waals surface area (Å²) in [7, 11) is 0. The highest BCUT2D eigenvalue weighted by atomic mass is 16.5. The molecule has 3 aromatic rings. The number of nitrogens with zero attached hydrogens (tertiary/aromatic N) is 3. The molecule has 3 heterocycles. The Morgan fingerprint density at radius 2 is 1.69 bits per heavy atom. The Kier molecular flexibility index (Phi) is 5.60. The van der Waals surface area contributed by atoms with Crippen molar-refractivity contribution >= 4 is 29.2 Å². The normalized spacial score (nSPS) is 18.5. The summed E-state index contributed by atoms with van der Waals surface area (Å²) in [6.45, 7) is 0.647. The number of urea groups is 1. The van der Waals surface area contributed by atoms with Crippen molar-refractivity contribution < 1.29 is 23.7 Å². The fourth-order valence-electron chi connectivity index (χ4n) is 5.30. The maximum Gasteiger partial charge on any atom is 0.501 e. The van der Waals surface area contributed by atoms with Crippen molar-refractivity contribution in [3.05, 3.63) is 95.6 Å². The molecular formula is C29H26N3O4+. The van der Waals surface area contributed by atoms with Gasteiger partial charge >= 0.3 is 11.9 Å². The van der Waals surface area contributed by atoms with E-state index in [0.29, 0.717) is 30.0 Å². The number of ether oxygens (including phenoxy) is 1. The fourth-order valence-corrected chi connectivity index (χ4v) is 5.30. The highest BCUT2D eigenvalue weighted by Crippen LogP contribution is 2.33.